The molecule has 0 spiro atoms. The molecule has 0 aliphatic heterocycles. The molecule has 0 aromatic heterocycles. The fourth-order valence-corrected chi connectivity index (χ4v) is 1.73. The smallest absolute Gasteiger partial charge is 0.431 e. The highest BCUT2D eigenvalue weighted by Gasteiger charge is 2.64. The summed E-state index contributed by atoms with van der Waals surface area (Å²) in [6, 6.07) is 0. The molecular formula is C11H16F4O5S. The lowest BCUT2D eigenvalue weighted by Gasteiger charge is -2.23. The lowest BCUT2D eigenvalue weighted by Crippen LogP contribution is -2.46. The molecule has 0 unspecified atom stereocenters. The van der Waals surface area contributed by atoms with E-state index in [4.69, 9.17) is 4.55 Å². The summed E-state index contributed by atoms with van der Waals surface area (Å²) < 4.78 is 85.0. The van der Waals surface area contributed by atoms with Crippen molar-refractivity contribution in [3.8, 4) is 0 Å². The molecule has 0 radical (unpaired) electrons. The Hall–Kier alpha value is -1.16. The topological polar surface area (TPSA) is 80.7 Å². The first kappa shape index (κ1) is 19.8. The zero-order valence-corrected chi connectivity index (χ0v) is 12.1. The van der Waals surface area contributed by atoms with Crippen molar-refractivity contribution in [2.24, 2.45) is 0 Å². The fourth-order valence-electron chi connectivity index (χ4n) is 1.25. The van der Waals surface area contributed by atoms with Crippen LogP contribution in [0, 0.1) is 0 Å². The van der Waals surface area contributed by atoms with E-state index in [0.717, 1.165) is 0 Å². The normalized spacial score (nSPS) is 13.0. The lowest BCUT2D eigenvalue weighted by atomic mass is 10.1. The predicted octanol–water partition coefficient (Wildman–Crippen LogP) is 2.78. The third-order valence-corrected chi connectivity index (χ3v) is 3.41. The lowest BCUT2D eigenvalue weighted by molar-refractivity contribution is -0.164. The second-order valence-corrected chi connectivity index (χ2v) is 5.89. The van der Waals surface area contributed by atoms with Gasteiger partial charge < -0.3 is 4.74 Å². The van der Waals surface area contributed by atoms with Crippen molar-refractivity contribution >= 4 is 16.1 Å². The Morgan fingerprint density at radius 1 is 1.19 bits per heavy atom. The number of rotatable bonds is 9. The number of halogens is 4. The van der Waals surface area contributed by atoms with Crippen molar-refractivity contribution in [1.29, 1.82) is 0 Å². The minimum Gasteiger partial charge on any atom is -0.462 e. The van der Waals surface area contributed by atoms with Crippen molar-refractivity contribution in [1.82, 2.24) is 0 Å². The molecule has 0 atom stereocenters. The van der Waals surface area contributed by atoms with Gasteiger partial charge in [0.15, 0.2) is 0 Å². The summed E-state index contributed by atoms with van der Waals surface area (Å²) in [6.07, 6.45) is -1.69. The monoisotopic (exact) mass is 336 g/mol. The molecule has 0 saturated heterocycles. The van der Waals surface area contributed by atoms with E-state index < -0.39 is 40.1 Å². The van der Waals surface area contributed by atoms with Crippen LogP contribution in [-0.2, 0) is 19.6 Å². The van der Waals surface area contributed by atoms with Gasteiger partial charge in [-0.25, -0.2) is 4.79 Å². The molecule has 10 heteroatoms. The largest absolute Gasteiger partial charge is 0.462 e. The third-order valence-electron chi connectivity index (χ3n) is 2.47. The van der Waals surface area contributed by atoms with E-state index in [-0.39, 0.29) is 25.0 Å². The van der Waals surface area contributed by atoms with Gasteiger partial charge in [0, 0.05) is 12.0 Å². The van der Waals surface area contributed by atoms with Crippen LogP contribution >= 0.6 is 0 Å². The molecule has 0 fully saturated rings. The number of hydrogen-bond acceptors (Lipinski definition) is 4. The Morgan fingerprint density at radius 3 is 2.14 bits per heavy atom. The van der Waals surface area contributed by atoms with Crippen molar-refractivity contribution < 1.29 is 40.1 Å². The highest BCUT2D eigenvalue weighted by Crippen LogP contribution is 2.41. The molecule has 0 aromatic carbocycles. The predicted molar refractivity (Wildman–Crippen MR) is 65.7 cm³/mol. The molecule has 5 nitrogen and oxygen atoms in total. The number of ether oxygens (including phenoxy) is 1. The van der Waals surface area contributed by atoms with Crippen molar-refractivity contribution in [3.05, 3.63) is 12.2 Å². The quantitative estimate of drug-likeness (QED) is 0.230. The van der Waals surface area contributed by atoms with Gasteiger partial charge >= 0.3 is 27.3 Å². The summed E-state index contributed by atoms with van der Waals surface area (Å²) in [5.41, 5.74) is 0.161. The molecule has 0 amide bonds. The average Bonchev–Trinajstić information content (AvgIpc) is 2.31. The van der Waals surface area contributed by atoms with Gasteiger partial charge in [-0.2, -0.15) is 26.0 Å². The van der Waals surface area contributed by atoms with Gasteiger partial charge in [0.25, 0.3) is 0 Å². The summed E-state index contributed by atoms with van der Waals surface area (Å²) in [4.78, 5) is 10.9. The van der Waals surface area contributed by atoms with Crippen molar-refractivity contribution in [2.75, 3.05) is 6.61 Å². The van der Waals surface area contributed by atoms with E-state index in [2.05, 4.69) is 11.3 Å². The van der Waals surface area contributed by atoms with Crippen LogP contribution in [0.4, 0.5) is 17.6 Å². The molecule has 0 aromatic rings. The Morgan fingerprint density at radius 2 is 1.71 bits per heavy atom. The van der Waals surface area contributed by atoms with E-state index in [1.165, 1.54) is 6.92 Å². The number of alkyl halides is 4. The highest BCUT2D eigenvalue weighted by atomic mass is 32.2. The maximum absolute atomic E-state index is 13.1. The van der Waals surface area contributed by atoms with E-state index >= 15 is 0 Å². The van der Waals surface area contributed by atoms with Gasteiger partial charge in [-0.05, 0) is 26.2 Å². The highest BCUT2D eigenvalue weighted by molar-refractivity contribution is 7.87. The molecule has 0 rings (SSSR count). The number of hydrogen-bond donors (Lipinski definition) is 1. The summed E-state index contributed by atoms with van der Waals surface area (Å²) in [5.74, 6) is -5.53. The molecule has 0 heterocycles. The third kappa shape index (κ3) is 5.62. The van der Waals surface area contributed by atoms with Gasteiger partial charge in [0.1, 0.15) is 0 Å². The first-order valence-corrected chi connectivity index (χ1v) is 7.32. The number of unbranched alkanes of at least 4 members (excludes halogenated alkanes) is 2. The van der Waals surface area contributed by atoms with Gasteiger partial charge in [-0.3, -0.25) is 4.55 Å². The van der Waals surface area contributed by atoms with Crippen LogP contribution in [-0.4, -0.2) is 36.7 Å². The van der Waals surface area contributed by atoms with E-state index in [9.17, 15) is 30.8 Å². The SMILES string of the molecule is C=C(C)C(=O)OCCCCCC(F)(F)C(F)(F)S(=O)(=O)O. The minimum absolute atomic E-state index is 0.0145. The number of carbonyl (C=O) groups is 1. The van der Waals surface area contributed by atoms with Crippen LogP contribution in [0.3, 0.4) is 0 Å². The van der Waals surface area contributed by atoms with E-state index in [0.29, 0.717) is 0 Å². The Kier molecular flexibility index (Phi) is 6.81. The second-order valence-electron chi connectivity index (χ2n) is 4.42. The molecule has 1 N–H and O–H groups in total. The van der Waals surface area contributed by atoms with Gasteiger partial charge in [-0.15, -0.1) is 0 Å². The van der Waals surface area contributed by atoms with Crippen molar-refractivity contribution in [3.63, 3.8) is 0 Å². The molecule has 0 bridgehead atoms. The fraction of sp³-hybridized carbons (Fsp3) is 0.727. The summed E-state index contributed by atoms with van der Waals surface area (Å²) in [5, 5.41) is -5.54. The first-order chi connectivity index (χ1) is 9.33. The van der Waals surface area contributed by atoms with Crippen LogP contribution < -0.4 is 0 Å². The zero-order chi connectivity index (χ0) is 16.9. The van der Waals surface area contributed by atoms with Gasteiger partial charge in [0.2, 0.25) is 0 Å². The minimum atomic E-state index is -6.19. The maximum Gasteiger partial charge on any atom is 0.431 e. The zero-order valence-electron chi connectivity index (χ0n) is 11.2. The van der Waals surface area contributed by atoms with E-state index in [1.807, 2.05) is 0 Å². The Balaban J connectivity index is 4.18. The first-order valence-electron chi connectivity index (χ1n) is 5.88. The summed E-state index contributed by atoms with van der Waals surface area (Å²) in [6.45, 7) is 4.64. The number of carbonyl (C=O) groups excluding carboxylic acids is 1. The molecule has 0 aliphatic rings. The summed E-state index contributed by atoms with van der Waals surface area (Å²) >= 11 is 0. The van der Waals surface area contributed by atoms with Gasteiger partial charge in [-0.1, -0.05) is 6.58 Å². The molecule has 0 aliphatic carbocycles. The van der Waals surface area contributed by atoms with Crippen LogP contribution in [0.5, 0.6) is 0 Å². The Labute approximate surface area is 119 Å². The Bertz CT molecular complexity index is 487. The van der Waals surface area contributed by atoms with Crippen molar-refractivity contribution in [2.45, 2.75) is 43.8 Å². The van der Waals surface area contributed by atoms with E-state index in [1.54, 1.807) is 0 Å². The number of esters is 1. The second kappa shape index (κ2) is 7.21. The standard InChI is InChI=1S/C11H16F4O5S/c1-8(2)9(16)20-7-5-3-4-6-10(12,13)11(14,15)21(17,18)19/h1,3-7H2,2H3,(H,17,18,19). The van der Waals surface area contributed by atoms with Crippen LogP contribution in [0.15, 0.2) is 12.2 Å². The van der Waals surface area contributed by atoms with Gasteiger partial charge in [0.05, 0.1) is 6.61 Å². The van der Waals surface area contributed by atoms with Crippen LogP contribution in [0.25, 0.3) is 0 Å². The molecular weight excluding hydrogens is 320 g/mol. The van der Waals surface area contributed by atoms with Crippen LogP contribution in [0.1, 0.15) is 32.6 Å². The summed E-state index contributed by atoms with van der Waals surface area (Å²) in [7, 11) is -6.19. The molecule has 0 saturated carbocycles. The molecule has 21 heavy (non-hydrogen) atoms. The average molecular weight is 336 g/mol. The molecule has 124 valence electrons. The van der Waals surface area contributed by atoms with Crippen LogP contribution in [0.2, 0.25) is 0 Å². The maximum atomic E-state index is 13.1.